The minimum atomic E-state index is -0.524. The monoisotopic (exact) mass is 294 g/mol. The average Bonchev–Trinajstić information content (AvgIpc) is 2.37. The van der Waals surface area contributed by atoms with Gasteiger partial charge in [0.1, 0.15) is 11.2 Å². The molecule has 2 aliphatic heterocycles. The first-order chi connectivity index (χ1) is 10.0. The summed E-state index contributed by atoms with van der Waals surface area (Å²) < 4.78 is 15.2. The normalized spacial score (nSPS) is 13.3. The standard InChI is InChI=1S/C15H18O6/c1-4-5-6-7-15(2,3)17-14(16)9-8-10-12-13(21-20-12)11(9)19-18-10/h8H,4-7H2,1-3H3. The summed E-state index contributed by atoms with van der Waals surface area (Å²) in [6, 6.07) is 1.55. The van der Waals surface area contributed by atoms with E-state index in [1.54, 1.807) is 6.07 Å². The number of fused-ring (bicyclic) bond motifs is 2. The van der Waals surface area contributed by atoms with E-state index in [-0.39, 0.29) is 5.75 Å². The molecule has 0 N–H and O–H groups in total. The average molecular weight is 294 g/mol. The molecule has 6 heteroatoms. The molecule has 0 amide bonds. The Morgan fingerprint density at radius 1 is 1.19 bits per heavy atom. The SMILES string of the molecule is CCCCCC(C)(C)OC(=O)c1cc2c3ooc3c1OO2. The second kappa shape index (κ2) is 5.02. The number of carbonyl (C=O) groups excluding carboxylic acids is 1. The molecule has 0 aliphatic carbocycles. The zero-order chi connectivity index (χ0) is 15.0. The lowest BCUT2D eigenvalue weighted by molar-refractivity contribution is -0.116. The number of esters is 1. The maximum absolute atomic E-state index is 12.3. The highest BCUT2D eigenvalue weighted by atomic mass is 17.2. The van der Waals surface area contributed by atoms with Gasteiger partial charge >= 0.3 is 5.97 Å². The van der Waals surface area contributed by atoms with Crippen LogP contribution in [0.3, 0.4) is 0 Å². The zero-order valence-corrected chi connectivity index (χ0v) is 12.4. The predicted molar refractivity (Wildman–Crippen MR) is 73.4 cm³/mol. The molecule has 0 unspecified atom stereocenters. The van der Waals surface area contributed by atoms with Crippen molar-refractivity contribution in [1.82, 2.24) is 0 Å². The van der Waals surface area contributed by atoms with Crippen molar-refractivity contribution in [2.24, 2.45) is 0 Å². The van der Waals surface area contributed by atoms with Crippen LogP contribution in [0.25, 0.3) is 11.2 Å². The summed E-state index contributed by atoms with van der Waals surface area (Å²) in [5.41, 5.74) is 0.607. The third-order valence-electron chi connectivity index (χ3n) is 3.55. The van der Waals surface area contributed by atoms with Crippen molar-refractivity contribution in [3.8, 4) is 11.5 Å². The quantitative estimate of drug-likeness (QED) is 0.451. The van der Waals surface area contributed by atoms with E-state index in [1.807, 2.05) is 13.8 Å². The molecule has 2 bridgehead atoms. The van der Waals surface area contributed by atoms with Crippen LogP contribution in [-0.4, -0.2) is 11.6 Å². The van der Waals surface area contributed by atoms with E-state index in [2.05, 4.69) is 6.92 Å². The minimum absolute atomic E-state index is 0.209. The molecule has 0 saturated heterocycles. The van der Waals surface area contributed by atoms with E-state index in [4.69, 9.17) is 23.7 Å². The van der Waals surface area contributed by atoms with Crippen LogP contribution in [0.4, 0.5) is 0 Å². The largest absolute Gasteiger partial charge is 0.456 e. The van der Waals surface area contributed by atoms with Crippen LogP contribution in [0, 0.1) is 0 Å². The van der Waals surface area contributed by atoms with Gasteiger partial charge in [-0.2, -0.15) is 0 Å². The van der Waals surface area contributed by atoms with Gasteiger partial charge in [-0.1, -0.05) is 19.8 Å². The summed E-state index contributed by atoms with van der Waals surface area (Å²) in [6.45, 7) is 5.95. The summed E-state index contributed by atoms with van der Waals surface area (Å²) in [4.78, 5) is 22.3. The molecule has 114 valence electrons. The summed E-state index contributed by atoms with van der Waals surface area (Å²) in [6.07, 6.45) is 4.09. The highest BCUT2D eigenvalue weighted by Gasteiger charge is 2.35. The molecule has 4 rings (SSSR count). The van der Waals surface area contributed by atoms with Gasteiger partial charge in [-0.25, -0.2) is 4.79 Å². The van der Waals surface area contributed by atoms with Gasteiger partial charge in [-0.15, -0.1) is 0 Å². The molecular formula is C15H18O6. The third-order valence-corrected chi connectivity index (χ3v) is 3.55. The van der Waals surface area contributed by atoms with Crippen molar-refractivity contribution in [3.05, 3.63) is 11.6 Å². The van der Waals surface area contributed by atoms with Crippen molar-refractivity contribution in [2.45, 2.75) is 52.1 Å². The number of unbranched alkanes of at least 4 members (excludes halogenated alkanes) is 2. The van der Waals surface area contributed by atoms with Gasteiger partial charge < -0.3 is 4.74 Å². The van der Waals surface area contributed by atoms with Gasteiger partial charge in [0.2, 0.25) is 11.5 Å². The minimum Gasteiger partial charge on any atom is -0.456 e. The third kappa shape index (κ3) is 2.46. The van der Waals surface area contributed by atoms with Crippen LogP contribution in [-0.2, 0) is 4.74 Å². The predicted octanol–water partition coefficient (Wildman–Crippen LogP) is 4.23. The molecule has 0 radical (unpaired) electrons. The van der Waals surface area contributed by atoms with Gasteiger partial charge in [0.15, 0.2) is 0 Å². The Morgan fingerprint density at radius 2 is 1.95 bits per heavy atom. The summed E-state index contributed by atoms with van der Waals surface area (Å²) >= 11 is 0. The molecular weight excluding hydrogens is 276 g/mol. The summed E-state index contributed by atoms with van der Waals surface area (Å²) in [5, 5.41) is 0. The van der Waals surface area contributed by atoms with Crippen LogP contribution < -0.4 is 9.78 Å². The van der Waals surface area contributed by atoms with Crippen LogP contribution >= 0.6 is 0 Å². The van der Waals surface area contributed by atoms with Crippen molar-refractivity contribution >= 4 is 17.1 Å². The molecule has 0 fully saturated rings. The second-order valence-corrected chi connectivity index (χ2v) is 5.85. The molecule has 0 spiro atoms. The fourth-order valence-corrected chi connectivity index (χ4v) is 2.34. The topological polar surface area (TPSA) is 71.0 Å². The fourth-order valence-electron chi connectivity index (χ4n) is 2.34. The summed E-state index contributed by atoms with van der Waals surface area (Å²) in [7, 11) is 0. The number of hydrogen-bond donors (Lipinski definition) is 0. The Hall–Kier alpha value is -2.11. The van der Waals surface area contributed by atoms with E-state index in [1.165, 1.54) is 0 Å². The van der Waals surface area contributed by atoms with E-state index < -0.39 is 11.6 Å². The van der Waals surface area contributed by atoms with E-state index in [9.17, 15) is 4.79 Å². The Balaban J connectivity index is 1.75. The van der Waals surface area contributed by atoms with Crippen LogP contribution in [0.5, 0.6) is 11.5 Å². The smallest absolute Gasteiger partial charge is 0.342 e. The number of ether oxygens (including phenoxy) is 1. The van der Waals surface area contributed by atoms with E-state index >= 15 is 0 Å². The molecule has 6 nitrogen and oxygen atoms in total. The van der Waals surface area contributed by atoms with Gasteiger partial charge in [0, 0.05) is 6.07 Å². The van der Waals surface area contributed by atoms with Crippen molar-refractivity contribution in [2.75, 3.05) is 0 Å². The lowest BCUT2D eigenvalue weighted by Crippen LogP contribution is -2.29. The lowest BCUT2D eigenvalue weighted by Gasteiger charge is -2.26. The van der Waals surface area contributed by atoms with Gasteiger partial charge in [0.25, 0.3) is 11.2 Å². The van der Waals surface area contributed by atoms with E-state index in [0.29, 0.717) is 22.5 Å². The molecule has 0 atom stereocenters. The number of carbonyl (C=O) groups is 1. The highest BCUT2D eigenvalue weighted by Crippen LogP contribution is 2.44. The molecule has 0 saturated carbocycles. The molecule has 1 aromatic carbocycles. The first kappa shape index (κ1) is 13.9. The maximum atomic E-state index is 12.3. The number of rotatable bonds is 6. The van der Waals surface area contributed by atoms with Gasteiger partial charge in [0.05, 0.1) is 0 Å². The van der Waals surface area contributed by atoms with E-state index in [0.717, 1.165) is 25.7 Å². The lowest BCUT2D eigenvalue weighted by atomic mass is 10.00. The van der Waals surface area contributed by atoms with Crippen molar-refractivity contribution < 1.29 is 28.5 Å². The molecule has 21 heavy (non-hydrogen) atoms. The Bertz CT molecular complexity index is 663. The Labute approximate surface area is 121 Å². The van der Waals surface area contributed by atoms with Crippen molar-refractivity contribution in [3.63, 3.8) is 0 Å². The Morgan fingerprint density at radius 3 is 2.57 bits per heavy atom. The van der Waals surface area contributed by atoms with Crippen molar-refractivity contribution in [1.29, 1.82) is 0 Å². The summed E-state index contributed by atoms with van der Waals surface area (Å²) in [5.74, 6) is 0.0805. The maximum Gasteiger partial charge on any atom is 0.342 e. The fraction of sp³-hybridized carbons (Fsp3) is 0.533. The number of hydrogen-bond acceptors (Lipinski definition) is 6. The number of benzene rings is 1. The zero-order valence-electron chi connectivity index (χ0n) is 12.4. The highest BCUT2D eigenvalue weighted by molar-refractivity contribution is 6.01. The van der Waals surface area contributed by atoms with Gasteiger partial charge in [-0.3, -0.25) is 18.9 Å². The Kier molecular flexibility index (Phi) is 3.31. The van der Waals surface area contributed by atoms with Crippen LogP contribution in [0.15, 0.2) is 15.2 Å². The first-order valence-electron chi connectivity index (χ1n) is 7.15. The molecule has 2 aliphatic rings. The van der Waals surface area contributed by atoms with Crippen LogP contribution in [0.1, 0.15) is 56.8 Å². The first-order valence-corrected chi connectivity index (χ1v) is 7.15. The molecule has 2 aromatic rings. The molecule has 3 heterocycles. The molecule has 1 aromatic heterocycles. The van der Waals surface area contributed by atoms with Crippen LogP contribution in [0.2, 0.25) is 0 Å². The van der Waals surface area contributed by atoms with Gasteiger partial charge in [-0.05, 0) is 26.7 Å². The second-order valence-electron chi connectivity index (χ2n) is 5.85.